The first-order valence-corrected chi connectivity index (χ1v) is 6.22. The van der Waals surface area contributed by atoms with Gasteiger partial charge in [-0.2, -0.15) is 0 Å². The zero-order chi connectivity index (χ0) is 13.1. The number of rotatable bonds is 3. The Kier molecular flexibility index (Phi) is 3.79. The van der Waals surface area contributed by atoms with Crippen molar-refractivity contribution in [2.45, 2.75) is 0 Å². The van der Waals surface area contributed by atoms with Crippen molar-refractivity contribution >= 4 is 35.0 Å². The monoisotopic (exact) mass is 282 g/mol. The zero-order valence-electron chi connectivity index (χ0n) is 9.06. The van der Waals surface area contributed by atoms with E-state index in [9.17, 15) is 9.18 Å². The first-order chi connectivity index (χ1) is 8.56. The number of thiophene rings is 1. The number of hydrogen-bond acceptors (Lipinski definition) is 2. The zero-order valence-corrected chi connectivity index (χ0v) is 10.6. The molecule has 0 aliphatic rings. The molecule has 0 fully saturated rings. The van der Waals surface area contributed by atoms with E-state index in [0.29, 0.717) is 10.6 Å². The van der Waals surface area contributed by atoms with E-state index in [0.717, 1.165) is 15.8 Å². The summed E-state index contributed by atoms with van der Waals surface area (Å²) in [7, 11) is 0. The van der Waals surface area contributed by atoms with Crippen LogP contribution in [-0.2, 0) is 4.79 Å². The normalized spacial score (nSPS) is 11.0. The molecule has 2 aromatic rings. The predicted octanol–water partition coefficient (Wildman–Crippen LogP) is 4.31. The van der Waals surface area contributed by atoms with E-state index in [2.05, 4.69) is 0 Å². The van der Waals surface area contributed by atoms with E-state index >= 15 is 0 Å². The van der Waals surface area contributed by atoms with Crippen LogP contribution in [0.25, 0.3) is 16.5 Å². The summed E-state index contributed by atoms with van der Waals surface area (Å²) in [5.41, 5.74) is 0.458. The van der Waals surface area contributed by atoms with Crippen LogP contribution < -0.4 is 0 Å². The molecule has 0 spiro atoms. The fourth-order valence-corrected chi connectivity index (χ4v) is 2.53. The lowest BCUT2D eigenvalue weighted by atomic mass is 10.2. The molecule has 0 aliphatic heterocycles. The van der Waals surface area contributed by atoms with Gasteiger partial charge in [0.1, 0.15) is 5.82 Å². The fourth-order valence-electron chi connectivity index (χ4n) is 1.43. The molecule has 0 bridgehead atoms. The first kappa shape index (κ1) is 12.8. The van der Waals surface area contributed by atoms with E-state index in [1.165, 1.54) is 23.5 Å². The van der Waals surface area contributed by atoms with Gasteiger partial charge in [-0.1, -0.05) is 11.6 Å². The summed E-state index contributed by atoms with van der Waals surface area (Å²) in [5, 5.41) is 8.86. The van der Waals surface area contributed by atoms with Crippen LogP contribution in [0.4, 0.5) is 4.39 Å². The van der Waals surface area contributed by atoms with Crippen molar-refractivity contribution in [3.05, 3.63) is 52.1 Å². The second-order valence-electron chi connectivity index (χ2n) is 3.50. The topological polar surface area (TPSA) is 37.3 Å². The van der Waals surface area contributed by atoms with Gasteiger partial charge in [-0.15, -0.1) is 11.3 Å². The van der Waals surface area contributed by atoms with Crippen LogP contribution in [0.3, 0.4) is 0 Å². The average molecular weight is 283 g/mol. The standard InChI is InChI=1S/C13H8ClFO2S/c14-8-1-4-10(11(15)7-8)12-5-2-9(18-12)3-6-13(16)17/h1-7H,(H,16,17)/b6-3+. The maximum atomic E-state index is 13.7. The van der Waals surface area contributed by atoms with Crippen molar-refractivity contribution in [3.63, 3.8) is 0 Å². The van der Waals surface area contributed by atoms with E-state index in [1.807, 2.05) is 0 Å². The van der Waals surface area contributed by atoms with Gasteiger partial charge in [0.25, 0.3) is 0 Å². The smallest absolute Gasteiger partial charge is 0.328 e. The fraction of sp³-hybridized carbons (Fsp3) is 0. The van der Waals surface area contributed by atoms with Crippen LogP contribution in [0.5, 0.6) is 0 Å². The summed E-state index contributed by atoms with van der Waals surface area (Å²) in [4.78, 5) is 11.9. The van der Waals surface area contributed by atoms with Gasteiger partial charge in [0.05, 0.1) is 0 Å². The van der Waals surface area contributed by atoms with Gasteiger partial charge in [-0.3, -0.25) is 0 Å². The maximum Gasteiger partial charge on any atom is 0.328 e. The molecule has 5 heteroatoms. The van der Waals surface area contributed by atoms with Crippen LogP contribution in [0.2, 0.25) is 5.02 Å². The maximum absolute atomic E-state index is 13.7. The lowest BCUT2D eigenvalue weighted by molar-refractivity contribution is -0.131. The summed E-state index contributed by atoms with van der Waals surface area (Å²) in [6, 6.07) is 7.97. The van der Waals surface area contributed by atoms with Gasteiger partial charge in [0, 0.05) is 26.4 Å². The van der Waals surface area contributed by atoms with Crippen LogP contribution >= 0.6 is 22.9 Å². The predicted molar refractivity (Wildman–Crippen MR) is 71.4 cm³/mol. The van der Waals surface area contributed by atoms with Gasteiger partial charge >= 0.3 is 5.97 Å². The number of aliphatic carboxylic acids is 1. The second-order valence-corrected chi connectivity index (χ2v) is 5.05. The molecular weight excluding hydrogens is 275 g/mol. The third-order valence-electron chi connectivity index (χ3n) is 2.21. The van der Waals surface area contributed by atoms with Gasteiger partial charge in [-0.25, -0.2) is 9.18 Å². The Morgan fingerprint density at radius 1 is 1.33 bits per heavy atom. The van der Waals surface area contributed by atoms with E-state index < -0.39 is 11.8 Å². The highest BCUT2D eigenvalue weighted by Gasteiger charge is 2.07. The largest absolute Gasteiger partial charge is 0.478 e. The third kappa shape index (κ3) is 2.97. The molecule has 0 aliphatic carbocycles. The molecule has 1 aromatic carbocycles. The summed E-state index contributed by atoms with van der Waals surface area (Å²) >= 11 is 7.00. The minimum Gasteiger partial charge on any atom is -0.478 e. The molecule has 1 N–H and O–H groups in total. The average Bonchev–Trinajstić information content (AvgIpc) is 2.75. The number of carboxylic acid groups (broad SMARTS) is 1. The molecular formula is C13H8ClFO2S. The van der Waals surface area contributed by atoms with Crippen molar-refractivity contribution in [1.29, 1.82) is 0 Å². The highest BCUT2D eigenvalue weighted by Crippen LogP contribution is 2.31. The summed E-state index contributed by atoms with van der Waals surface area (Å²) < 4.78 is 13.7. The lowest BCUT2D eigenvalue weighted by Gasteiger charge is -1.99. The summed E-state index contributed by atoms with van der Waals surface area (Å²) in [6.45, 7) is 0. The molecule has 0 atom stereocenters. The number of carboxylic acids is 1. The van der Waals surface area contributed by atoms with Crippen LogP contribution in [-0.4, -0.2) is 11.1 Å². The Bertz CT molecular complexity index is 619. The van der Waals surface area contributed by atoms with Gasteiger partial charge in [0.2, 0.25) is 0 Å². The molecule has 1 aromatic heterocycles. The van der Waals surface area contributed by atoms with Gasteiger partial charge in [-0.05, 0) is 36.4 Å². The number of hydrogen-bond donors (Lipinski definition) is 1. The van der Waals surface area contributed by atoms with E-state index in [4.69, 9.17) is 16.7 Å². The number of carbonyl (C=O) groups is 1. The molecule has 1 heterocycles. The first-order valence-electron chi connectivity index (χ1n) is 5.02. The van der Waals surface area contributed by atoms with Crippen molar-refractivity contribution in [3.8, 4) is 10.4 Å². The van der Waals surface area contributed by atoms with Crippen molar-refractivity contribution in [2.24, 2.45) is 0 Å². The molecule has 0 radical (unpaired) electrons. The third-order valence-corrected chi connectivity index (χ3v) is 3.53. The Labute approximate surface area is 112 Å². The molecule has 2 rings (SSSR count). The Hall–Kier alpha value is -1.65. The van der Waals surface area contributed by atoms with Gasteiger partial charge < -0.3 is 5.11 Å². The van der Waals surface area contributed by atoms with E-state index in [-0.39, 0.29) is 0 Å². The highest BCUT2D eigenvalue weighted by atomic mass is 35.5. The van der Waals surface area contributed by atoms with E-state index in [1.54, 1.807) is 24.3 Å². The second kappa shape index (κ2) is 5.33. The van der Waals surface area contributed by atoms with Crippen molar-refractivity contribution in [2.75, 3.05) is 0 Å². The minimum atomic E-state index is -1.01. The summed E-state index contributed by atoms with van der Waals surface area (Å²) in [6.07, 6.45) is 2.53. The molecule has 92 valence electrons. The molecule has 0 unspecified atom stereocenters. The summed E-state index contributed by atoms with van der Waals surface area (Å²) in [5.74, 6) is -1.40. The SMILES string of the molecule is O=C(O)/C=C/c1ccc(-c2ccc(Cl)cc2F)s1. The van der Waals surface area contributed by atoms with Crippen molar-refractivity contribution < 1.29 is 14.3 Å². The Morgan fingerprint density at radius 3 is 2.78 bits per heavy atom. The Balaban J connectivity index is 2.32. The van der Waals surface area contributed by atoms with Crippen molar-refractivity contribution in [1.82, 2.24) is 0 Å². The molecule has 0 saturated carbocycles. The Morgan fingerprint density at radius 2 is 2.11 bits per heavy atom. The number of halogens is 2. The lowest BCUT2D eigenvalue weighted by Crippen LogP contribution is -1.84. The van der Waals surface area contributed by atoms with Crippen LogP contribution in [0.15, 0.2) is 36.4 Å². The molecule has 0 saturated heterocycles. The molecule has 18 heavy (non-hydrogen) atoms. The molecule has 2 nitrogen and oxygen atoms in total. The number of benzene rings is 1. The molecule has 0 amide bonds. The quantitative estimate of drug-likeness (QED) is 0.852. The highest BCUT2D eigenvalue weighted by molar-refractivity contribution is 7.16. The van der Waals surface area contributed by atoms with Crippen LogP contribution in [0, 0.1) is 5.82 Å². The minimum absolute atomic E-state index is 0.346. The van der Waals surface area contributed by atoms with Gasteiger partial charge in [0.15, 0.2) is 0 Å². The van der Waals surface area contributed by atoms with Crippen LogP contribution in [0.1, 0.15) is 4.88 Å².